The summed E-state index contributed by atoms with van der Waals surface area (Å²) >= 11 is 0. The molecule has 1 saturated heterocycles. The van der Waals surface area contributed by atoms with E-state index in [4.69, 9.17) is 4.74 Å². The van der Waals surface area contributed by atoms with Crippen LogP contribution in [0.25, 0.3) is 28.1 Å². The molecule has 0 saturated carbocycles. The van der Waals surface area contributed by atoms with E-state index in [0.717, 1.165) is 36.4 Å². The second-order valence-corrected chi connectivity index (χ2v) is 9.65. The first kappa shape index (κ1) is 25.4. The molecule has 0 N–H and O–H groups in total. The van der Waals surface area contributed by atoms with Gasteiger partial charge in [0.2, 0.25) is 0 Å². The zero-order valence-electron chi connectivity index (χ0n) is 21.6. The molecule has 6 nitrogen and oxygen atoms in total. The highest BCUT2D eigenvalue weighted by atomic mass is 16.5. The van der Waals surface area contributed by atoms with Crippen molar-refractivity contribution in [2.45, 2.75) is 32.1 Å². The maximum absolute atomic E-state index is 13.8. The zero-order chi connectivity index (χ0) is 26.2. The highest BCUT2D eigenvalue weighted by Crippen LogP contribution is 2.27. The molecule has 0 atom stereocenters. The first-order valence-electron chi connectivity index (χ1n) is 13.4. The molecule has 6 heteroatoms. The van der Waals surface area contributed by atoms with Crippen molar-refractivity contribution in [1.82, 2.24) is 14.5 Å². The molecule has 0 unspecified atom stereocenters. The fourth-order valence-corrected chi connectivity index (χ4v) is 4.99. The van der Waals surface area contributed by atoms with Gasteiger partial charge < -0.3 is 9.64 Å². The van der Waals surface area contributed by atoms with E-state index >= 15 is 0 Å². The molecule has 3 heterocycles. The number of benzene rings is 2. The maximum atomic E-state index is 13.8. The van der Waals surface area contributed by atoms with Crippen molar-refractivity contribution in [3.8, 4) is 39.9 Å². The van der Waals surface area contributed by atoms with Gasteiger partial charge in [-0.2, -0.15) is 5.26 Å². The Kier molecular flexibility index (Phi) is 8.27. The summed E-state index contributed by atoms with van der Waals surface area (Å²) < 4.78 is 7.70. The number of likely N-dealkylation sites (tertiary alicyclic amines) is 1. The summed E-state index contributed by atoms with van der Waals surface area (Å²) in [4.78, 5) is 20.8. The molecule has 1 aliphatic heterocycles. The highest BCUT2D eigenvalue weighted by molar-refractivity contribution is 5.75. The molecule has 192 valence electrons. The fourth-order valence-electron chi connectivity index (χ4n) is 4.99. The quantitative estimate of drug-likeness (QED) is 0.258. The van der Waals surface area contributed by atoms with Gasteiger partial charge in [-0.05, 0) is 81.7 Å². The second kappa shape index (κ2) is 12.4. The predicted octanol–water partition coefficient (Wildman–Crippen LogP) is 6.08. The van der Waals surface area contributed by atoms with Gasteiger partial charge in [0.15, 0.2) is 0 Å². The number of rotatable bonds is 9. The number of nitriles is 1. The Hall–Kier alpha value is -4.21. The minimum absolute atomic E-state index is 0.203. The van der Waals surface area contributed by atoms with E-state index in [9.17, 15) is 10.1 Å². The lowest BCUT2D eigenvalue weighted by Crippen LogP contribution is -2.30. The van der Waals surface area contributed by atoms with Gasteiger partial charge in [-0.25, -0.2) is 0 Å². The molecule has 1 aliphatic rings. The topological polar surface area (TPSA) is 71.2 Å². The summed E-state index contributed by atoms with van der Waals surface area (Å²) in [5.74, 6) is 0.731. The minimum Gasteiger partial charge on any atom is -0.494 e. The zero-order valence-corrected chi connectivity index (χ0v) is 21.6. The number of aromatic nitrogens is 2. The molecule has 0 radical (unpaired) electrons. The smallest absolute Gasteiger partial charge is 0.263 e. The summed E-state index contributed by atoms with van der Waals surface area (Å²) in [5.41, 5.74) is 3.55. The molecule has 0 bridgehead atoms. The Bertz CT molecular complexity index is 1470. The third-order valence-electron chi connectivity index (χ3n) is 7.00. The van der Waals surface area contributed by atoms with Crippen LogP contribution in [0.2, 0.25) is 0 Å². The summed E-state index contributed by atoms with van der Waals surface area (Å²) in [6.45, 7) is 4.21. The Morgan fingerprint density at radius 1 is 0.895 bits per heavy atom. The molecule has 1 fully saturated rings. The van der Waals surface area contributed by atoms with E-state index in [-0.39, 0.29) is 5.56 Å². The van der Waals surface area contributed by atoms with E-state index < -0.39 is 0 Å². The van der Waals surface area contributed by atoms with Crippen LogP contribution in [0.3, 0.4) is 0 Å². The predicted molar refractivity (Wildman–Crippen MR) is 150 cm³/mol. The molecule has 0 aliphatic carbocycles. The number of ether oxygens (including phenoxy) is 1. The number of nitrogens with zero attached hydrogens (tertiary/aromatic N) is 4. The molecule has 38 heavy (non-hydrogen) atoms. The van der Waals surface area contributed by atoms with Crippen molar-refractivity contribution in [1.29, 1.82) is 5.26 Å². The highest BCUT2D eigenvalue weighted by Gasteiger charge is 2.15. The molecule has 2 aromatic heterocycles. The normalized spacial score (nSPS) is 13.7. The first-order chi connectivity index (χ1) is 18.7. The maximum Gasteiger partial charge on any atom is 0.263 e. The average molecular weight is 505 g/mol. The van der Waals surface area contributed by atoms with Gasteiger partial charge in [-0.15, -0.1) is 0 Å². The van der Waals surface area contributed by atoms with Gasteiger partial charge >= 0.3 is 0 Å². The lowest BCUT2D eigenvalue weighted by molar-refractivity contribution is 0.216. The second-order valence-electron chi connectivity index (χ2n) is 9.65. The Morgan fingerprint density at radius 3 is 2.55 bits per heavy atom. The van der Waals surface area contributed by atoms with Crippen molar-refractivity contribution in [2.75, 3.05) is 26.2 Å². The number of piperidine rings is 1. The minimum atomic E-state index is -0.203. The lowest BCUT2D eigenvalue weighted by atomic mass is 9.99. The van der Waals surface area contributed by atoms with Crippen LogP contribution in [-0.4, -0.2) is 40.7 Å². The number of pyridine rings is 2. The van der Waals surface area contributed by atoms with Crippen molar-refractivity contribution >= 4 is 0 Å². The molecular formula is C32H32N4O2. The van der Waals surface area contributed by atoms with Gasteiger partial charge in [0.1, 0.15) is 5.75 Å². The van der Waals surface area contributed by atoms with Gasteiger partial charge in [0, 0.05) is 35.2 Å². The van der Waals surface area contributed by atoms with Crippen LogP contribution in [0.1, 0.15) is 37.7 Å². The van der Waals surface area contributed by atoms with E-state index in [1.165, 1.54) is 32.4 Å². The van der Waals surface area contributed by atoms with E-state index in [1.54, 1.807) is 29.1 Å². The van der Waals surface area contributed by atoms with Crippen LogP contribution in [-0.2, 0) is 0 Å². The van der Waals surface area contributed by atoms with Crippen LogP contribution in [0.4, 0.5) is 0 Å². The van der Waals surface area contributed by atoms with E-state index in [2.05, 4.69) is 16.0 Å². The average Bonchev–Trinajstić information content (AvgIpc) is 2.98. The van der Waals surface area contributed by atoms with E-state index in [0.29, 0.717) is 29.0 Å². The van der Waals surface area contributed by atoms with Crippen LogP contribution in [0, 0.1) is 11.3 Å². The SMILES string of the molecule is N#Cc1ccccc1-c1cc(-c2ccccn2)cn(-c2cccc(OCCCCN3CCCCC3)c2)c1=O. The van der Waals surface area contributed by atoms with Gasteiger partial charge in [-0.1, -0.05) is 36.8 Å². The Balaban J connectivity index is 1.41. The van der Waals surface area contributed by atoms with Crippen molar-refractivity contribution < 1.29 is 4.74 Å². The lowest BCUT2D eigenvalue weighted by Gasteiger charge is -2.26. The van der Waals surface area contributed by atoms with Crippen LogP contribution < -0.4 is 10.3 Å². The molecule has 4 aromatic rings. The van der Waals surface area contributed by atoms with Crippen LogP contribution in [0.15, 0.2) is 90.0 Å². The number of hydrogen-bond donors (Lipinski definition) is 0. The van der Waals surface area contributed by atoms with Crippen molar-refractivity contribution in [3.05, 3.63) is 101 Å². The third kappa shape index (κ3) is 6.01. The summed E-state index contributed by atoms with van der Waals surface area (Å²) in [6.07, 6.45) is 9.63. The standard InChI is InChI=1S/C32H32N4O2/c33-23-25-11-2-3-14-29(25)30-21-26(31-15-4-5-16-34-31)24-36(32(30)37)27-12-10-13-28(22-27)38-20-9-8-19-35-17-6-1-7-18-35/h2-5,10-16,21-22,24H,1,6-9,17-20H2. The van der Waals surface area contributed by atoms with Crippen molar-refractivity contribution in [2.24, 2.45) is 0 Å². The summed E-state index contributed by atoms with van der Waals surface area (Å²) in [7, 11) is 0. The third-order valence-corrected chi connectivity index (χ3v) is 7.00. The summed E-state index contributed by atoms with van der Waals surface area (Å²) in [6, 6.07) is 24.5. The Morgan fingerprint density at radius 2 is 1.74 bits per heavy atom. The number of unbranched alkanes of at least 4 members (excludes halogenated alkanes) is 1. The van der Waals surface area contributed by atoms with E-state index in [1.807, 2.05) is 60.7 Å². The first-order valence-corrected chi connectivity index (χ1v) is 13.4. The molecule has 5 rings (SSSR count). The summed E-state index contributed by atoms with van der Waals surface area (Å²) in [5, 5.41) is 9.68. The van der Waals surface area contributed by atoms with Gasteiger partial charge in [0.25, 0.3) is 5.56 Å². The van der Waals surface area contributed by atoms with Gasteiger partial charge in [0.05, 0.1) is 29.6 Å². The molecule has 0 spiro atoms. The van der Waals surface area contributed by atoms with Crippen molar-refractivity contribution in [3.63, 3.8) is 0 Å². The van der Waals surface area contributed by atoms with Crippen LogP contribution in [0.5, 0.6) is 5.75 Å². The monoisotopic (exact) mass is 504 g/mol. The Labute approximate surface area is 223 Å². The molecular weight excluding hydrogens is 472 g/mol. The fraction of sp³-hybridized carbons (Fsp3) is 0.281. The van der Waals surface area contributed by atoms with Crippen LogP contribution >= 0.6 is 0 Å². The largest absolute Gasteiger partial charge is 0.494 e. The van der Waals surface area contributed by atoms with Gasteiger partial charge in [-0.3, -0.25) is 14.3 Å². The number of hydrogen-bond acceptors (Lipinski definition) is 5. The molecule has 2 aromatic carbocycles. The molecule has 0 amide bonds.